The third-order valence-corrected chi connectivity index (χ3v) is 8.11. The predicted octanol–water partition coefficient (Wildman–Crippen LogP) is 6.70. The van der Waals surface area contributed by atoms with Gasteiger partial charge in [-0.25, -0.2) is 22.5 Å². The van der Waals surface area contributed by atoms with E-state index in [1.807, 2.05) is 0 Å². The van der Waals surface area contributed by atoms with Gasteiger partial charge in [-0.3, -0.25) is 4.57 Å². The fourth-order valence-electron chi connectivity index (χ4n) is 4.69. The fraction of sp³-hybridized carbons (Fsp3) is 0.179. The van der Waals surface area contributed by atoms with Gasteiger partial charge in [-0.1, -0.05) is 16.8 Å². The minimum absolute atomic E-state index is 0.0292. The smallest absolute Gasteiger partial charge is 0.406 e. The van der Waals surface area contributed by atoms with E-state index in [0.29, 0.717) is 6.20 Å². The van der Waals surface area contributed by atoms with Crippen molar-refractivity contribution in [2.75, 3.05) is 6.26 Å². The van der Waals surface area contributed by atoms with Crippen LogP contribution in [0, 0.1) is 12.7 Å². The fourth-order valence-corrected chi connectivity index (χ4v) is 5.94. The predicted molar refractivity (Wildman–Crippen MR) is 150 cm³/mol. The first-order valence-electron chi connectivity index (χ1n) is 12.8. The van der Waals surface area contributed by atoms with E-state index in [2.05, 4.69) is 20.0 Å². The molecule has 0 atom stereocenters. The maximum absolute atomic E-state index is 15.0. The molecule has 0 unspecified atom stereocenters. The van der Waals surface area contributed by atoms with E-state index in [4.69, 9.17) is 11.6 Å². The number of sulfone groups is 1. The third kappa shape index (κ3) is 6.56. The van der Waals surface area contributed by atoms with Crippen molar-refractivity contribution in [3.05, 3.63) is 88.8 Å². The lowest BCUT2D eigenvalue weighted by atomic mass is 10.0. The van der Waals surface area contributed by atoms with Gasteiger partial charge >= 0.3 is 12.5 Å². The summed E-state index contributed by atoms with van der Waals surface area (Å²) in [5.74, 6) is -1.72. The van der Waals surface area contributed by atoms with E-state index < -0.39 is 56.7 Å². The van der Waals surface area contributed by atoms with Crippen molar-refractivity contribution < 1.29 is 49.0 Å². The minimum Gasteiger partial charge on any atom is -0.406 e. The van der Waals surface area contributed by atoms with Gasteiger partial charge in [0.25, 0.3) is 0 Å². The Kier molecular flexibility index (Phi) is 8.37. The van der Waals surface area contributed by atoms with Crippen LogP contribution >= 0.6 is 11.6 Å². The Morgan fingerprint density at radius 2 is 1.63 bits per heavy atom. The van der Waals surface area contributed by atoms with E-state index in [1.165, 1.54) is 37.4 Å². The molecule has 0 bridgehead atoms. The van der Waals surface area contributed by atoms with E-state index in [0.717, 1.165) is 39.8 Å². The molecule has 0 saturated heterocycles. The Morgan fingerprint density at radius 3 is 2.20 bits per heavy atom. The van der Waals surface area contributed by atoms with Gasteiger partial charge in [-0.15, -0.1) is 18.3 Å². The van der Waals surface area contributed by atoms with Gasteiger partial charge in [0, 0.05) is 23.6 Å². The van der Waals surface area contributed by atoms with Gasteiger partial charge < -0.3 is 9.84 Å². The average Bonchev–Trinajstić information content (AvgIpc) is 3.58. The summed E-state index contributed by atoms with van der Waals surface area (Å²) in [6.45, 7) is 0.363. The van der Waals surface area contributed by atoms with Gasteiger partial charge in [-0.05, 0) is 66.6 Å². The zero-order valence-electron chi connectivity index (χ0n) is 23.3. The molecule has 2 aromatic heterocycles. The van der Waals surface area contributed by atoms with Gasteiger partial charge in [0.1, 0.15) is 17.4 Å². The van der Waals surface area contributed by atoms with Crippen LogP contribution in [-0.4, -0.2) is 50.7 Å². The van der Waals surface area contributed by atoms with Gasteiger partial charge in [0.15, 0.2) is 15.5 Å². The first kappa shape index (κ1) is 32.9. The van der Waals surface area contributed by atoms with Crippen LogP contribution in [0.2, 0.25) is 5.02 Å². The summed E-state index contributed by atoms with van der Waals surface area (Å²) >= 11 is 6.67. The molecule has 0 aliphatic rings. The number of aliphatic hydroxyl groups is 1. The van der Waals surface area contributed by atoms with Crippen molar-refractivity contribution in [2.24, 2.45) is 0 Å². The number of aromatic nitrogens is 5. The Hall–Kier alpha value is -4.48. The molecule has 0 fully saturated rings. The molecule has 0 saturated carbocycles. The zero-order valence-corrected chi connectivity index (χ0v) is 24.9. The first-order valence-corrected chi connectivity index (χ1v) is 15.0. The van der Waals surface area contributed by atoms with Crippen molar-refractivity contribution in [1.82, 2.24) is 24.5 Å². The van der Waals surface area contributed by atoms with Gasteiger partial charge in [-0.2, -0.15) is 13.2 Å². The molecular weight excluding hydrogens is 671 g/mol. The van der Waals surface area contributed by atoms with Crippen LogP contribution < -0.4 is 4.74 Å². The topological polar surface area (TPSA) is 112 Å². The number of ether oxygens (including phenoxy) is 1. The van der Waals surface area contributed by atoms with Crippen molar-refractivity contribution in [3.63, 3.8) is 0 Å². The molecule has 1 N–H and O–H groups in total. The highest BCUT2D eigenvalue weighted by Gasteiger charge is 2.35. The highest BCUT2D eigenvalue weighted by molar-refractivity contribution is 7.90. The van der Waals surface area contributed by atoms with E-state index in [9.17, 15) is 39.9 Å². The summed E-state index contributed by atoms with van der Waals surface area (Å²) < 4.78 is 125. The number of rotatable bonds is 7. The number of aliphatic hydroxyl groups excluding tert-OH is 1. The molecular formula is C28H19ClF7N5O4S. The number of hydrogen-bond donors (Lipinski definition) is 1. The number of nitrogens with zero attached hydrogens (tertiary/aromatic N) is 5. The summed E-state index contributed by atoms with van der Waals surface area (Å²) in [7, 11) is -4.05. The molecule has 18 heteroatoms. The molecule has 242 valence electrons. The quantitative estimate of drug-likeness (QED) is 0.189. The molecule has 46 heavy (non-hydrogen) atoms. The monoisotopic (exact) mass is 689 g/mol. The SMILES string of the molecule is Cc1nc(C(F)(F)F)cn1-c1c(Cl)cc(-c2cc(F)c(CO)c(S(C)(=O)=O)c2)cc1-n1nncc1-c1ccc(OC(F)(F)F)cc1. The molecule has 0 aliphatic carbocycles. The lowest BCUT2D eigenvalue weighted by Crippen LogP contribution is -2.16. The number of halogens is 8. The van der Waals surface area contributed by atoms with Crippen LogP contribution in [0.4, 0.5) is 30.7 Å². The Morgan fingerprint density at radius 1 is 0.978 bits per heavy atom. The molecule has 0 amide bonds. The standard InChI is InChI=1S/C28H19ClF7N5O4S/c1-14-38-25(27(31,32)33)12-40(14)26-20(29)7-16(17-8-21(30)19(13-42)24(10-17)46(2,43)44)9-22(26)41-23(11-37-39-41)15-3-5-18(6-4-15)45-28(34,35)36/h3-12,42H,13H2,1-2H3. The highest BCUT2D eigenvalue weighted by atomic mass is 35.5. The molecule has 5 aromatic rings. The summed E-state index contributed by atoms with van der Waals surface area (Å²) in [5.41, 5.74) is -1.41. The number of hydrogen-bond acceptors (Lipinski definition) is 7. The summed E-state index contributed by atoms with van der Waals surface area (Å²) in [4.78, 5) is 3.07. The zero-order chi connectivity index (χ0) is 33.8. The number of aryl methyl sites for hydroxylation is 1. The largest absolute Gasteiger partial charge is 0.573 e. The molecule has 3 aromatic carbocycles. The van der Waals surface area contributed by atoms with E-state index in [-0.39, 0.29) is 44.6 Å². The number of benzene rings is 3. The van der Waals surface area contributed by atoms with E-state index >= 15 is 4.39 Å². The first-order chi connectivity index (χ1) is 21.4. The Bertz CT molecular complexity index is 2060. The van der Waals surface area contributed by atoms with Crippen LogP contribution in [0.1, 0.15) is 17.1 Å². The maximum Gasteiger partial charge on any atom is 0.573 e. The maximum atomic E-state index is 15.0. The second-order valence-electron chi connectivity index (χ2n) is 9.84. The second-order valence-corrected chi connectivity index (χ2v) is 12.2. The average molecular weight is 690 g/mol. The highest BCUT2D eigenvalue weighted by Crippen LogP contribution is 2.39. The Labute approximate surface area is 260 Å². The Balaban J connectivity index is 1.77. The van der Waals surface area contributed by atoms with Crippen molar-refractivity contribution in [1.29, 1.82) is 0 Å². The third-order valence-electron chi connectivity index (χ3n) is 6.66. The second kappa shape index (κ2) is 11.7. The normalized spacial score (nSPS) is 12.5. The van der Waals surface area contributed by atoms with Gasteiger partial charge in [0.05, 0.1) is 39.8 Å². The van der Waals surface area contributed by atoms with Gasteiger partial charge in [0.2, 0.25) is 0 Å². The summed E-state index contributed by atoms with van der Waals surface area (Å²) in [6.07, 6.45) is -7.03. The van der Waals surface area contributed by atoms with Crippen LogP contribution in [0.5, 0.6) is 5.75 Å². The summed E-state index contributed by atoms with van der Waals surface area (Å²) in [5, 5.41) is 17.3. The van der Waals surface area contributed by atoms with Crippen LogP contribution in [-0.2, 0) is 22.6 Å². The van der Waals surface area contributed by atoms with E-state index in [1.54, 1.807) is 0 Å². The summed E-state index contributed by atoms with van der Waals surface area (Å²) in [6, 6.07) is 9.20. The van der Waals surface area contributed by atoms with Crippen molar-refractivity contribution in [3.8, 4) is 39.5 Å². The molecule has 0 radical (unpaired) electrons. The minimum atomic E-state index is -4.94. The molecule has 9 nitrogen and oxygen atoms in total. The number of imidazole rings is 1. The van der Waals surface area contributed by atoms with Crippen molar-refractivity contribution >= 4 is 21.4 Å². The lowest BCUT2D eigenvalue weighted by molar-refractivity contribution is -0.274. The van der Waals surface area contributed by atoms with Crippen LogP contribution in [0.15, 0.2) is 65.8 Å². The molecule has 0 spiro atoms. The lowest BCUT2D eigenvalue weighted by Gasteiger charge is -2.18. The van der Waals surface area contributed by atoms with Crippen LogP contribution in [0.25, 0.3) is 33.8 Å². The molecule has 5 rings (SSSR count). The van der Waals surface area contributed by atoms with Crippen molar-refractivity contribution in [2.45, 2.75) is 31.0 Å². The number of alkyl halides is 6. The molecule has 2 heterocycles. The van der Waals surface area contributed by atoms with Crippen LogP contribution in [0.3, 0.4) is 0 Å². The molecule has 0 aliphatic heterocycles.